The van der Waals surface area contributed by atoms with Crippen LogP contribution in [0.25, 0.3) is 0 Å². The monoisotopic (exact) mass is 702 g/mol. The largest absolute Gasteiger partial charge is 0.457 e. The van der Waals surface area contributed by atoms with E-state index >= 15 is 0 Å². The Labute approximate surface area is 306 Å². The first-order valence-electron chi connectivity index (χ1n) is 20.5. The molecule has 0 radical (unpaired) electrons. The third kappa shape index (κ3) is 27.5. The maximum Gasteiger partial charge on any atom is 0.306 e. The molecule has 1 heterocycles. The topological polar surface area (TPSA) is 96.3 Å². The Hall–Kier alpha value is -2.22. The Kier molecular flexibility index (Phi) is 31.1. The quantitative estimate of drug-likeness (QED) is 0.0399. The number of ether oxygens (including phenoxy) is 2. The van der Waals surface area contributed by atoms with Gasteiger partial charge in [-0.15, -0.1) is 0 Å². The predicted molar refractivity (Wildman–Crippen MR) is 208 cm³/mol. The minimum Gasteiger partial charge on any atom is -0.457 e. The zero-order valence-corrected chi connectivity index (χ0v) is 32.1. The molecule has 2 N–H and O–H groups in total. The summed E-state index contributed by atoms with van der Waals surface area (Å²) in [4.78, 5) is 27.3. The van der Waals surface area contributed by atoms with E-state index < -0.39 is 18.3 Å². The van der Waals surface area contributed by atoms with E-state index in [-0.39, 0.29) is 25.1 Å². The van der Waals surface area contributed by atoms with E-state index in [1.165, 1.54) is 64.2 Å². The first-order chi connectivity index (χ1) is 24.5. The van der Waals surface area contributed by atoms with Crippen LogP contribution in [0.4, 0.5) is 0 Å². The third-order valence-electron chi connectivity index (χ3n) is 9.20. The minimum atomic E-state index is -0.888. The van der Waals surface area contributed by atoms with Crippen molar-refractivity contribution in [3.8, 4) is 0 Å². The number of likely N-dealkylation sites (tertiary alicyclic amines) is 1. The lowest BCUT2D eigenvalue weighted by Crippen LogP contribution is -2.33. The first kappa shape index (κ1) is 45.8. The van der Waals surface area contributed by atoms with Crippen molar-refractivity contribution < 1.29 is 29.3 Å². The number of β-amino-alcohol motifs (C(OH)–C–C–N with tert-alkyl or cyclic N) is 1. The van der Waals surface area contributed by atoms with Gasteiger partial charge in [-0.1, -0.05) is 127 Å². The molecule has 0 aliphatic carbocycles. The van der Waals surface area contributed by atoms with Gasteiger partial charge < -0.3 is 19.7 Å². The lowest BCUT2D eigenvalue weighted by molar-refractivity contribution is -0.164. The molecule has 50 heavy (non-hydrogen) atoms. The maximum absolute atomic E-state index is 12.7. The predicted octanol–water partition coefficient (Wildman–Crippen LogP) is 10.1. The summed E-state index contributed by atoms with van der Waals surface area (Å²) in [7, 11) is 0. The summed E-state index contributed by atoms with van der Waals surface area (Å²) in [5.41, 5.74) is 0. The van der Waals surface area contributed by atoms with Crippen molar-refractivity contribution in [1.82, 2.24) is 4.90 Å². The molecule has 7 nitrogen and oxygen atoms in total. The molecule has 7 heteroatoms. The van der Waals surface area contributed by atoms with Crippen LogP contribution in [0, 0.1) is 0 Å². The van der Waals surface area contributed by atoms with Crippen molar-refractivity contribution in [3.63, 3.8) is 0 Å². The fourth-order valence-electron chi connectivity index (χ4n) is 6.17. The van der Waals surface area contributed by atoms with Gasteiger partial charge in [-0.05, 0) is 77.0 Å². The van der Waals surface area contributed by atoms with E-state index in [0.29, 0.717) is 25.9 Å². The molecular formula is C43H75NO6. The Morgan fingerprint density at radius 2 is 0.940 bits per heavy atom. The van der Waals surface area contributed by atoms with Crippen molar-refractivity contribution in [1.29, 1.82) is 0 Å². The van der Waals surface area contributed by atoms with E-state index in [9.17, 15) is 19.8 Å². The summed E-state index contributed by atoms with van der Waals surface area (Å²) in [6.07, 6.45) is 41.6. The molecular weight excluding hydrogens is 626 g/mol. The number of carbonyl (C=O) groups is 2. The molecule has 1 fully saturated rings. The van der Waals surface area contributed by atoms with E-state index in [1.807, 2.05) is 4.90 Å². The average Bonchev–Trinajstić information content (AvgIpc) is 3.47. The number of hydrogen-bond acceptors (Lipinski definition) is 7. The number of aliphatic hydroxyl groups is 2. The van der Waals surface area contributed by atoms with Crippen LogP contribution < -0.4 is 0 Å². The zero-order chi connectivity index (χ0) is 36.3. The van der Waals surface area contributed by atoms with Crippen LogP contribution in [0.5, 0.6) is 0 Å². The average molecular weight is 702 g/mol. The molecule has 0 spiro atoms. The first-order valence-corrected chi connectivity index (χ1v) is 20.5. The highest BCUT2D eigenvalue weighted by Crippen LogP contribution is 2.20. The lowest BCUT2D eigenvalue weighted by atomic mass is 10.1. The Morgan fingerprint density at radius 1 is 0.580 bits per heavy atom. The highest BCUT2D eigenvalue weighted by Gasteiger charge is 2.38. The van der Waals surface area contributed by atoms with Gasteiger partial charge in [0.2, 0.25) is 0 Å². The van der Waals surface area contributed by atoms with Gasteiger partial charge in [0.25, 0.3) is 0 Å². The van der Waals surface area contributed by atoms with E-state index in [2.05, 4.69) is 62.5 Å². The number of unbranched alkanes of at least 4 members (excludes halogenated alkanes) is 16. The van der Waals surface area contributed by atoms with Gasteiger partial charge in [0.1, 0.15) is 0 Å². The van der Waals surface area contributed by atoms with Gasteiger partial charge in [0.05, 0.1) is 12.7 Å². The molecule has 0 aromatic rings. The van der Waals surface area contributed by atoms with Crippen molar-refractivity contribution in [2.24, 2.45) is 0 Å². The van der Waals surface area contributed by atoms with Crippen LogP contribution >= 0.6 is 0 Å². The second-order valence-corrected chi connectivity index (χ2v) is 14.1. The molecule has 1 aliphatic rings. The second-order valence-electron chi connectivity index (χ2n) is 14.1. The summed E-state index contributed by atoms with van der Waals surface area (Å²) in [5, 5.41) is 19.2. The SMILES string of the molecule is CCCCC/C=C/C/C=C/CCCCCCCC(=O)O[C@@H]1CN(C[C@@H](O)CO)C[C@H]1OC(=O)CCCCCCC/C=C/C/C=C/CCCCC. The molecule has 0 amide bonds. The van der Waals surface area contributed by atoms with Gasteiger partial charge in [0.15, 0.2) is 12.2 Å². The number of aliphatic hydroxyl groups excluding tert-OH is 2. The standard InChI is InChI=1S/C43H75NO6/c1-3-5-7-9-11-13-15-17-19-21-23-25-27-29-31-33-42(47)49-40-36-44(35-39(46)38-45)37-41(40)50-43(48)34-32-30-28-26-24-22-20-18-16-14-12-10-8-6-4-2/h11-14,17-20,39-41,45-46H,3-10,15-16,21-38H2,1-2H3/b13-11+,14-12+,19-17+,20-18+/t39-,40-,41-/m1/s1. The fourth-order valence-corrected chi connectivity index (χ4v) is 6.17. The Bertz CT molecular complexity index is 860. The van der Waals surface area contributed by atoms with Crippen molar-refractivity contribution in [2.75, 3.05) is 26.2 Å². The number of hydrogen-bond donors (Lipinski definition) is 2. The Morgan fingerprint density at radius 3 is 1.32 bits per heavy atom. The van der Waals surface area contributed by atoms with Gasteiger partial charge in [-0.25, -0.2) is 0 Å². The van der Waals surface area contributed by atoms with Crippen molar-refractivity contribution in [2.45, 2.75) is 186 Å². The van der Waals surface area contributed by atoms with Crippen molar-refractivity contribution >= 4 is 11.9 Å². The fraction of sp³-hybridized carbons (Fsp3) is 0.767. The number of carbonyl (C=O) groups excluding carboxylic acids is 2. The molecule has 0 aromatic heterocycles. The van der Waals surface area contributed by atoms with Gasteiger partial charge in [-0.2, -0.15) is 0 Å². The highest BCUT2D eigenvalue weighted by atomic mass is 16.6. The number of allylic oxidation sites excluding steroid dienone is 8. The molecule has 0 bridgehead atoms. The molecule has 0 saturated carbocycles. The highest BCUT2D eigenvalue weighted by molar-refractivity contribution is 5.70. The van der Waals surface area contributed by atoms with Crippen LogP contribution in [0.1, 0.15) is 168 Å². The van der Waals surface area contributed by atoms with E-state index in [0.717, 1.165) is 77.0 Å². The molecule has 3 atom stereocenters. The van der Waals surface area contributed by atoms with Gasteiger partial charge in [0, 0.05) is 32.5 Å². The summed E-state index contributed by atoms with van der Waals surface area (Å²) < 4.78 is 11.6. The lowest BCUT2D eigenvalue weighted by Gasteiger charge is -2.19. The summed E-state index contributed by atoms with van der Waals surface area (Å²) in [6.45, 7) is 5.13. The summed E-state index contributed by atoms with van der Waals surface area (Å²) in [6, 6.07) is 0. The molecule has 288 valence electrons. The Balaban J connectivity index is 2.22. The van der Waals surface area contributed by atoms with E-state index in [1.54, 1.807) is 0 Å². The van der Waals surface area contributed by atoms with E-state index in [4.69, 9.17) is 9.47 Å². The smallest absolute Gasteiger partial charge is 0.306 e. The van der Waals surface area contributed by atoms with Crippen LogP contribution in [-0.4, -0.2) is 71.6 Å². The number of esters is 2. The summed E-state index contributed by atoms with van der Waals surface area (Å²) >= 11 is 0. The van der Waals surface area contributed by atoms with Crippen LogP contribution in [0.15, 0.2) is 48.6 Å². The molecule has 0 aromatic carbocycles. The molecule has 1 aliphatic heterocycles. The van der Waals surface area contributed by atoms with Crippen LogP contribution in [0.3, 0.4) is 0 Å². The van der Waals surface area contributed by atoms with Crippen molar-refractivity contribution in [3.05, 3.63) is 48.6 Å². The minimum absolute atomic E-state index is 0.245. The van der Waals surface area contributed by atoms with Gasteiger partial charge >= 0.3 is 11.9 Å². The molecule has 1 rings (SSSR count). The maximum atomic E-state index is 12.7. The van der Waals surface area contributed by atoms with Crippen LogP contribution in [-0.2, 0) is 19.1 Å². The second kappa shape index (κ2) is 33.9. The normalized spacial score (nSPS) is 17.6. The molecule has 0 unspecified atom stereocenters. The molecule has 1 saturated heterocycles. The zero-order valence-electron chi connectivity index (χ0n) is 32.1. The van der Waals surface area contributed by atoms with Gasteiger partial charge in [-0.3, -0.25) is 14.5 Å². The summed E-state index contributed by atoms with van der Waals surface area (Å²) in [5.74, 6) is -0.528. The third-order valence-corrected chi connectivity index (χ3v) is 9.20. The van der Waals surface area contributed by atoms with Crippen LogP contribution in [0.2, 0.25) is 0 Å². The number of rotatable bonds is 33. The number of nitrogens with zero attached hydrogens (tertiary/aromatic N) is 1.